The third-order valence-corrected chi connectivity index (χ3v) is 5.18. The molecule has 0 bridgehead atoms. The van der Waals surface area contributed by atoms with Gasteiger partial charge in [0, 0.05) is 17.0 Å². The summed E-state index contributed by atoms with van der Waals surface area (Å²) in [5.74, 6) is 1.89. The lowest BCUT2D eigenvalue weighted by atomic mass is 10.0. The first-order valence-electron chi connectivity index (χ1n) is 6.96. The summed E-state index contributed by atoms with van der Waals surface area (Å²) in [6.45, 7) is 2.25. The molecular formula is C15H20FNS. The number of hydrogen-bond acceptors (Lipinski definition) is 2. The van der Waals surface area contributed by atoms with Gasteiger partial charge in [-0.2, -0.15) is 0 Å². The number of hydrogen-bond donors (Lipinski definition) is 1. The smallest absolute Gasteiger partial charge is 0.123 e. The summed E-state index contributed by atoms with van der Waals surface area (Å²) in [5.41, 5.74) is 1.17. The first kappa shape index (κ1) is 12.5. The van der Waals surface area contributed by atoms with Crippen LogP contribution in [0.15, 0.2) is 23.1 Å². The minimum atomic E-state index is -0.109. The number of benzene rings is 1. The quantitative estimate of drug-likeness (QED) is 0.878. The largest absolute Gasteiger partial charge is 0.307 e. The topological polar surface area (TPSA) is 12.0 Å². The Morgan fingerprint density at radius 3 is 2.94 bits per heavy atom. The van der Waals surface area contributed by atoms with Crippen molar-refractivity contribution in [3.8, 4) is 0 Å². The highest BCUT2D eigenvalue weighted by Crippen LogP contribution is 2.39. The van der Waals surface area contributed by atoms with Crippen molar-refractivity contribution in [3.05, 3.63) is 29.6 Å². The van der Waals surface area contributed by atoms with Crippen molar-refractivity contribution < 1.29 is 4.39 Å². The summed E-state index contributed by atoms with van der Waals surface area (Å²) in [6, 6.07) is 6.20. The van der Waals surface area contributed by atoms with E-state index in [1.165, 1.54) is 29.7 Å². The molecule has 0 saturated heterocycles. The molecule has 98 valence electrons. The zero-order valence-electron chi connectivity index (χ0n) is 10.8. The minimum Gasteiger partial charge on any atom is -0.307 e. The molecular weight excluding hydrogens is 245 g/mol. The molecule has 1 fully saturated rings. The number of rotatable bonds is 4. The van der Waals surface area contributed by atoms with Crippen molar-refractivity contribution in [2.24, 2.45) is 5.92 Å². The summed E-state index contributed by atoms with van der Waals surface area (Å²) in [7, 11) is 0. The van der Waals surface area contributed by atoms with Crippen molar-refractivity contribution in [3.63, 3.8) is 0 Å². The Balaban J connectivity index is 1.79. The summed E-state index contributed by atoms with van der Waals surface area (Å²) in [4.78, 5) is 1.26. The van der Waals surface area contributed by atoms with Gasteiger partial charge in [-0.05, 0) is 61.1 Å². The van der Waals surface area contributed by atoms with E-state index in [-0.39, 0.29) is 5.82 Å². The Morgan fingerprint density at radius 1 is 1.39 bits per heavy atom. The van der Waals surface area contributed by atoms with Crippen molar-refractivity contribution in [2.75, 3.05) is 5.75 Å². The Hall–Kier alpha value is -0.540. The monoisotopic (exact) mass is 265 g/mol. The van der Waals surface area contributed by atoms with Crippen LogP contribution in [0.2, 0.25) is 0 Å². The van der Waals surface area contributed by atoms with Gasteiger partial charge in [-0.1, -0.05) is 6.92 Å². The van der Waals surface area contributed by atoms with Gasteiger partial charge >= 0.3 is 0 Å². The lowest BCUT2D eigenvalue weighted by Gasteiger charge is -2.30. The Morgan fingerprint density at radius 2 is 2.22 bits per heavy atom. The Kier molecular flexibility index (Phi) is 3.62. The molecule has 1 aliphatic heterocycles. The van der Waals surface area contributed by atoms with E-state index in [1.807, 2.05) is 17.8 Å². The maximum atomic E-state index is 13.4. The normalized spacial score (nSPS) is 24.7. The number of nitrogens with one attached hydrogen (secondary N) is 1. The number of halogens is 1. The van der Waals surface area contributed by atoms with Crippen molar-refractivity contribution >= 4 is 11.8 Å². The zero-order valence-corrected chi connectivity index (χ0v) is 11.6. The van der Waals surface area contributed by atoms with Gasteiger partial charge in [-0.3, -0.25) is 0 Å². The zero-order chi connectivity index (χ0) is 12.5. The van der Waals surface area contributed by atoms with Gasteiger partial charge in [0.2, 0.25) is 0 Å². The van der Waals surface area contributed by atoms with Crippen molar-refractivity contribution in [1.82, 2.24) is 5.32 Å². The second-order valence-electron chi connectivity index (χ2n) is 5.39. The summed E-state index contributed by atoms with van der Waals surface area (Å²) < 4.78 is 13.4. The molecule has 18 heavy (non-hydrogen) atoms. The van der Waals surface area contributed by atoms with E-state index in [1.54, 1.807) is 12.1 Å². The maximum Gasteiger partial charge on any atom is 0.123 e. The van der Waals surface area contributed by atoms with Crippen LogP contribution in [-0.2, 0) is 0 Å². The van der Waals surface area contributed by atoms with Gasteiger partial charge in [0.1, 0.15) is 5.82 Å². The van der Waals surface area contributed by atoms with Gasteiger partial charge < -0.3 is 5.32 Å². The van der Waals surface area contributed by atoms with Crippen LogP contribution < -0.4 is 5.32 Å². The van der Waals surface area contributed by atoms with Crippen LogP contribution in [0.4, 0.5) is 4.39 Å². The van der Waals surface area contributed by atoms with Crippen LogP contribution in [0.1, 0.15) is 44.2 Å². The summed E-state index contributed by atoms with van der Waals surface area (Å²) >= 11 is 1.85. The SMILES string of the molecule is CCC(NC1CCSc2ccc(F)cc21)C1CC1. The third kappa shape index (κ3) is 2.57. The minimum absolute atomic E-state index is 0.109. The first-order valence-corrected chi connectivity index (χ1v) is 7.94. The fourth-order valence-electron chi connectivity index (χ4n) is 2.88. The fraction of sp³-hybridized carbons (Fsp3) is 0.600. The first-order chi connectivity index (χ1) is 8.78. The molecule has 3 heteroatoms. The molecule has 2 aliphatic rings. The van der Waals surface area contributed by atoms with Crippen LogP contribution in [0.3, 0.4) is 0 Å². The molecule has 1 N–H and O–H groups in total. The predicted molar refractivity (Wildman–Crippen MR) is 74.4 cm³/mol. The standard InChI is InChI=1S/C15H20FNS/c1-2-13(10-3-4-10)17-14-7-8-18-15-6-5-11(16)9-12(14)15/h5-6,9-10,13-14,17H,2-4,7-8H2,1H3. The molecule has 2 unspecified atom stereocenters. The van der Waals surface area contributed by atoms with E-state index in [4.69, 9.17) is 0 Å². The van der Waals surface area contributed by atoms with Gasteiger partial charge in [-0.15, -0.1) is 11.8 Å². The molecule has 1 aliphatic carbocycles. The highest BCUT2D eigenvalue weighted by atomic mass is 32.2. The average Bonchev–Trinajstić information content (AvgIpc) is 3.20. The summed E-state index contributed by atoms with van der Waals surface area (Å²) in [5, 5.41) is 3.77. The van der Waals surface area contributed by atoms with E-state index in [9.17, 15) is 4.39 Å². The molecule has 1 heterocycles. The fourth-order valence-corrected chi connectivity index (χ4v) is 3.99. The number of thioether (sulfide) groups is 1. The van der Waals surface area contributed by atoms with Crippen LogP contribution in [-0.4, -0.2) is 11.8 Å². The molecule has 1 nitrogen and oxygen atoms in total. The Bertz CT molecular complexity index is 431. The molecule has 1 aromatic carbocycles. The van der Waals surface area contributed by atoms with Gasteiger partial charge in [-0.25, -0.2) is 4.39 Å². The molecule has 2 atom stereocenters. The number of fused-ring (bicyclic) bond motifs is 1. The van der Waals surface area contributed by atoms with E-state index in [0.29, 0.717) is 12.1 Å². The lowest BCUT2D eigenvalue weighted by Crippen LogP contribution is -2.35. The van der Waals surface area contributed by atoms with E-state index in [2.05, 4.69) is 12.2 Å². The average molecular weight is 265 g/mol. The third-order valence-electron chi connectivity index (χ3n) is 4.06. The van der Waals surface area contributed by atoms with E-state index >= 15 is 0 Å². The molecule has 0 amide bonds. The molecule has 3 rings (SSSR count). The van der Waals surface area contributed by atoms with E-state index in [0.717, 1.165) is 18.1 Å². The van der Waals surface area contributed by atoms with Crippen molar-refractivity contribution in [2.45, 2.75) is 49.6 Å². The van der Waals surface area contributed by atoms with Gasteiger partial charge in [0.25, 0.3) is 0 Å². The van der Waals surface area contributed by atoms with Crippen LogP contribution in [0, 0.1) is 11.7 Å². The second kappa shape index (κ2) is 5.22. The lowest BCUT2D eigenvalue weighted by molar-refractivity contribution is 0.378. The maximum absolute atomic E-state index is 13.4. The molecule has 0 aromatic heterocycles. The summed E-state index contributed by atoms with van der Waals surface area (Å²) in [6.07, 6.45) is 5.02. The molecule has 0 radical (unpaired) electrons. The van der Waals surface area contributed by atoms with E-state index < -0.39 is 0 Å². The van der Waals surface area contributed by atoms with Crippen molar-refractivity contribution in [1.29, 1.82) is 0 Å². The van der Waals surface area contributed by atoms with Gasteiger partial charge in [0.15, 0.2) is 0 Å². The van der Waals surface area contributed by atoms with Crippen LogP contribution in [0.25, 0.3) is 0 Å². The molecule has 1 aromatic rings. The predicted octanol–water partition coefficient (Wildman–Crippen LogP) is 4.14. The molecule has 1 saturated carbocycles. The highest BCUT2D eigenvalue weighted by Gasteiger charge is 2.32. The molecule has 0 spiro atoms. The van der Waals surface area contributed by atoms with Crippen LogP contribution in [0.5, 0.6) is 0 Å². The Labute approximate surface area is 113 Å². The second-order valence-corrected chi connectivity index (χ2v) is 6.53. The highest BCUT2D eigenvalue weighted by molar-refractivity contribution is 7.99. The van der Waals surface area contributed by atoms with Gasteiger partial charge in [0.05, 0.1) is 0 Å². The van der Waals surface area contributed by atoms with Crippen LogP contribution >= 0.6 is 11.8 Å².